The average Bonchev–Trinajstić information content (AvgIpc) is 2.39. The Hall–Kier alpha value is -0.540. The highest BCUT2D eigenvalue weighted by Gasteiger charge is 2.28. The van der Waals surface area contributed by atoms with Crippen molar-refractivity contribution < 1.29 is 0 Å². The Bertz CT molecular complexity index is 386. The number of aryl methyl sites for hydroxylation is 1. The largest absolute Gasteiger partial charge is 0.300 e. The van der Waals surface area contributed by atoms with Crippen molar-refractivity contribution in [2.75, 3.05) is 19.3 Å². The van der Waals surface area contributed by atoms with Gasteiger partial charge in [0.25, 0.3) is 0 Å². The summed E-state index contributed by atoms with van der Waals surface area (Å²) >= 11 is 4.64. The van der Waals surface area contributed by atoms with Crippen LogP contribution in [0, 0.1) is 12.3 Å². The fourth-order valence-electron chi connectivity index (χ4n) is 3.14. The van der Waals surface area contributed by atoms with Gasteiger partial charge in [-0.15, -0.1) is 0 Å². The van der Waals surface area contributed by atoms with Crippen molar-refractivity contribution >= 4 is 12.6 Å². The Balaban J connectivity index is 2.67. The quantitative estimate of drug-likeness (QED) is 0.682. The van der Waals surface area contributed by atoms with Crippen molar-refractivity contribution in [3.63, 3.8) is 0 Å². The normalized spacial score (nSPS) is 12.1. The van der Waals surface area contributed by atoms with Crippen LogP contribution in [0.25, 0.3) is 0 Å². The molecule has 0 fully saturated rings. The number of hydrogen-bond donors (Lipinski definition) is 1. The van der Waals surface area contributed by atoms with Crippen LogP contribution in [0.3, 0.4) is 0 Å². The molecule has 1 aromatic heterocycles. The first-order valence-electron chi connectivity index (χ1n) is 7.77. The van der Waals surface area contributed by atoms with E-state index in [9.17, 15) is 0 Å². The lowest BCUT2D eigenvalue weighted by atomic mass is 9.80. The second kappa shape index (κ2) is 8.68. The lowest BCUT2D eigenvalue weighted by Crippen LogP contribution is -2.37. The van der Waals surface area contributed by atoms with Crippen molar-refractivity contribution in [1.82, 2.24) is 9.88 Å². The minimum Gasteiger partial charge on any atom is -0.300 e. The van der Waals surface area contributed by atoms with Gasteiger partial charge in [0.2, 0.25) is 0 Å². The van der Waals surface area contributed by atoms with E-state index in [-0.39, 0.29) is 0 Å². The fourth-order valence-corrected chi connectivity index (χ4v) is 3.56. The molecule has 1 rings (SSSR count). The molecule has 0 atom stereocenters. The Morgan fingerprint density at radius 1 is 1.20 bits per heavy atom. The van der Waals surface area contributed by atoms with Crippen molar-refractivity contribution in [2.45, 2.75) is 53.0 Å². The number of aromatic nitrogens is 1. The summed E-state index contributed by atoms with van der Waals surface area (Å²) in [4.78, 5) is 7.01. The molecule has 0 aliphatic heterocycles. The smallest absolute Gasteiger partial charge is 0.0547 e. The zero-order valence-electron chi connectivity index (χ0n) is 13.5. The molecular formula is C17H30N2S. The van der Waals surface area contributed by atoms with Crippen LogP contribution in [0.5, 0.6) is 0 Å². The number of hydrogen-bond acceptors (Lipinski definition) is 3. The zero-order chi connectivity index (χ0) is 15.0. The Kier molecular flexibility index (Phi) is 7.60. The van der Waals surface area contributed by atoms with E-state index in [0.717, 1.165) is 30.2 Å². The lowest BCUT2D eigenvalue weighted by molar-refractivity contribution is 0.164. The minimum absolute atomic E-state index is 0.352. The molecule has 114 valence electrons. The molecule has 1 aromatic rings. The summed E-state index contributed by atoms with van der Waals surface area (Å²) in [6, 6.07) is 6.26. The van der Waals surface area contributed by atoms with Crippen molar-refractivity contribution in [3.05, 3.63) is 29.6 Å². The van der Waals surface area contributed by atoms with Crippen LogP contribution < -0.4 is 0 Å². The molecule has 0 aliphatic carbocycles. The topological polar surface area (TPSA) is 16.1 Å². The summed E-state index contributed by atoms with van der Waals surface area (Å²) in [5, 5.41) is 0. The molecule has 1 heterocycles. The number of nitrogens with zero attached hydrogens (tertiary/aromatic N) is 2. The van der Waals surface area contributed by atoms with E-state index in [0.29, 0.717) is 5.41 Å². The molecule has 0 amide bonds. The van der Waals surface area contributed by atoms with E-state index in [1.807, 2.05) is 0 Å². The van der Waals surface area contributed by atoms with Crippen LogP contribution in [0.15, 0.2) is 18.2 Å². The summed E-state index contributed by atoms with van der Waals surface area (Å²) < 4.78 is 0. The summed E-state index contributed by atoms with van der Waals surface area (Å²) in [5.74, 6) is 0.972. The van der Waals surface area contributed by atoms with E-state index in [2.05, 4.69) is 68.5 Å². The van der Waals surface area contributed by atoms with Gasteiger partial charge in [-0.05, 0) is 50.1 Å². The third kappa shape index (κ3) is 5.45. The molecule has 20 heavy (non-hydrogen) atoms. The minimum atomic E-state index is 0.352. The predicted molar refractivity (Wildman–Crippen MR) is 91.4 cm³/mol. The number of pyridine rings is 1. The van der Waals surface area contributed by atoms with Crippen LogP contribution >= 0.6 is 12.6 Å². The third-order valence-corrected chi connectivity index (χ3v) is 4.55. The van der Waals surface area contributed by atoms with Gasteiger partial charge in [-0.3, -0.25) is 9.88 Å². The summed E-state index contributed by atoms with van der Waals surface area (Å²) in [5.41, 5.74) is 2.61. The van der Waals surface area contributed by atoms with Gasteiger partial charge in [0, 0.05) is 18.8 Å². The highest BCUT2D eigenvalue weighted by molar-refractivity contribution is 7.80. The van der Waals surface area contributed by atoms with Crippen LogP contribution in [0.2, 0.25) is 0 Å². The van der Waals surface area contributed by atoms with Crippen LogP contribution in [-0.2, 0) is 6.54 Å². The fraction of sp³-hybridized carbons (Fsp3) is 0.706. The molecule has 0 unspecified atom stereocenters. The van der Waals surface area contributed by atoms with E-state index in [4.69, 9.17) is 0 Å². The van der Waals surface area contributed by atoms with Gasteiger partial charge < -0.3 is 0 Å². The summed E-state index contributed by atoms with van der Waals surface area (Å²) in [7, 11) is 2.20. The zero-order valence-corrected chi connectivity index (χ0v) is 14.4. The van der Waals surface area contributed by atoms with Crippen LogP contribution in [0.4, 0.5) is 0 Å². The highest BCUT2D eigenvalue weighted by atomic mass is 32.1. The molecule has 0 saturated heterocycles. The third-order valence-electron chi connectivity index (χ3n) is 3.88. The van der Waals surface area contributed by atoms with E-state index >= 15 is 0 Å². The van der Waals surface area contributed by atoms with E-state index in [1.165, 1.54) is 25.7 Å². The van der Waals surface area contributed by atoms with Gasteiger partial charge in [-0.25, -0.2) is 0 Å². The highest BCUT2D eigenvalue weighted by Crippen LogP contribution is 2.32. The first-order valence-corrected chi connectivity index (χ1v) is 8.40. The van der Waals surface area contributed by atoms with Crippen LogP contribution in [-0.4, -0.2) is 29.2 Å². The van der Waals surface area contributed by atoms with Crippen molar-refractivity contribution in [2.24, 2.45) is 5.41 Å². The Labute approximate surface area is 130 Å². The molecule has 0 saturated carbocycles. The molecule has 0 spiro atoms. The molecule has 0 aromatic carbocycles. The van der Waals surface area contributed by atoms with Gasteiger partial charge in [0.15, 0.2) is 0 Å². The maximum Gasteiger partial charge on any atom is 0.0547 e. The standard InChI is InChI=1S/C17H30N2S/c1-5-10-17(14-20,11-6-2)13-19(4)12-16-9-7-8-15(3)18-16/h7-9,20H,5-6,10-14H2,1-4H3. The summed E-state index contributed by atoms with van der Waals surface area (Å²) in [6.45, 7) is 8.63. The van der Waals surface area contributed by atoms with E-state index in [1.54, 1.807) is 0 Å². The van der Waals surface area contributed by atoms with Crippen molar-refractivity contribution in [3.8, 4) is 0 Å². The first kappa shape index (κ1) is 17.5. The van der Waals surface area contributed by atoms with Gasteiger partial charge in [0.05, 0.1) is 5.69 Å². The Morgan fingerprint density at radius 3 is 2.35 bits per heavy atom. The molecule has 0 bridgehead atoms. The van der Waals surface area contributed by atoms with Gasteiger partial charge in [0.1, 0.15) is 0 Å². The molecule has 0 aliphatic rings. The molecular weight excluding hydrogens is 264 g/mol. The summed E-state index contributed by atoms with van der Waals surface area (Å²) in [6.07, 6.45) is 4.99. The monoisotopic (exact) mass is 294 g/mol. The van der Waals surface area contributed by atoms with E-state index < -0.39 is 0 Å². The molecule has 3 heteroatoms. The second-order valence-electron chi connectivity index (χ2n) is 6.10. The molecule has 0 radical (unpaired) electrons. The maximum absolute atomic E-state index is 4.64. The van der Waals surface area contributed by atoms with Gasteiger partial charge in [-0.2, -0.15) is 12.6 Å². The first-order chi connectivity index (χ1) is 9.55. The van der Waals surface area contributed by atoms with Crippen molar-refractivity contribution in [1.29, 1.82) is 0 Å². The van der Waals surface area contributed by atoms with Crippen LogP contribution in [0.1, 0.15) is 50.9 Å². The molecule has 2 nitrogen and oxygen atoms in total. The SMILES string of the molecule is CCCC(CS)(CCC)CN(C)Cc1cccc(C)n1. The van der Waals surface area contributed by atoms with Gasteiger partial charge in [-0.1, -0.05) is 32.8 Å². The maximum atomic E-state index is 4.64. The average molecular weight is 295 g/mol. The Morgan fingerprint density at radius 2 is 1.85 bits per heavy atom. The number of thiol groups is 1. The lowest BCUT2D eigenvalue weighted by Gasteiger charge is -2.36. The second-order valence-corrected chi connectivity index (χ2v) is 6.42. The predicted octanol–water partition coefficient (Wildman–Crippen LogP) is 4.34. The van der Waals surface area contributed by atoms with Gasteiger partial charge >= 0.3 is 0 Å². The number of rotatable bonds is 9. The molecule has 0 N–H and O–H groups in total.